The molecule has 18 heavy (non-hydrogen) atoms. The summed E-state index contributed by atoms with van der Waals surface area (Å²) in [6.45, 7) is 0.933. The summed E-state index contributed by atoms with van der Waals surface area (Å²) in [5, 5.41) is 1.43. The number of carbonyl (C=O) groups excluding carboxylic acids is 1. The van der Waals surface area contributed by atoms with E-state index in [-0.39, 0.29) is 5.91 Å². The van der Waals surface area contributed by atoms with Crippen LogP contribution in [-0.4, -0.2) is 11.0 Å². The Balaban J connectivity index is 1.83. The van der Waals surface area contributed by atoms with Gasteiger partial charge in [-0.15, -0.1) is 0 Å². The van der Waals surface area contributed by atoms with Gasteiger partial charge in [0.2, 0.25) is 0 Å². The normalized spacial score (nSPS) is 14.4. The molecule has 0 aliphatic carbocycles. The van der Waals surface area contributed by atoms with Gasteiger partial charge in [-0.3, -0.25) is 9.63 Å². The van der Waals surface area contributed by atoms with Gasteiger partial charge >= 0.3 is 0 Å². The van der Waals surface area contributed by atoms with Gasteiger partial charge in [0.1, 0.15) is 6.61 Å². The number of rotatable bonds is 2. The summed E-state index contributed by atoms with van der Waals surface area (Å²) in [6.07, 6.45) is 0. The molecule has 3 nitrogen and oxygen atoms in total. The number of amides is 1. The van der Waals surface area contributed by atoms with Gasteiger partial charge in [0.25, 0.3) is 5.91 Å². The van der Waals surface area contributed by atoms with Crippen molar-refractivity contribution in [2.45, 2.75) is 13.2 Å². The van der Waals surface area contributed by atoms with Gasteiger partial charge in [-0.05, 0) is 17.2 Å². The molecule has 90 valence electrons. The molecule has 0 saturated carbocycles. The Bertz CT molecular complexity index is 566. The van der Waals surface area contributed by atoms with Crippen LogP contribution in [-0.2, 0) is 18.0 Å². The van der Waals surface area contributed by atoms with Crippen LogP contribution >= 0.6 is 0 Å². The molecule has 0 aromatic heterocycles. The fourth-order valence-corrected chi connectivity index (χ4v) is 2.06. The van der Waals surface area contributed by atoms with Crippen molar-refractivity contribution in [3.63, 3.8) is 0 Å². The van der Waals surface area contributed by atoms with Crippen LogP contribution in [0.3, 0.4) is 0 Å². The average Bonchev–Trinajstić information content (AvgIpc) is 2.43. The molecule has 3 heteroatoms. The second-order valence-corrected chi connectivity index (χ2v) is 4.26. The van der Waals surface area contributed by atoms with Gasteiger partial charge in [0.15, 0.2) is 0 Å². The second-order valence-electron chi connectivity index (χ2n) is 4.26. The summed E-state index contributed by atoms with van der Waals surface area (Å²) in [7, 11) is 0. The summed E-state index contributed by atoms with van der Waals surface area (Å²) in [5.41, 5.74) is 2.75. The molecule has 2 aromatic carbocycles. The smallest absolute Gasteiger partial charge is 0.267 e. The Kier molecular flexibility index (Phi) is 2.82. The first-order valence-corrected chi connectivity index (χ1v) is 5.91. The van der Waals surface area contributed by atoms with E-state index in [0.29, 0.717) is 13.2 Å². The number of hydrogen-bond donors (Lipinski definition) is 0. The van der Waals surface area contributed by atoms with Crippen molar-refractivity contribution in [3.8, 4) is 0 Å². The lowest BCUT2D eigenvalue weighted by Gasteiger charge is -2.27. The fourth-order valence-electron chi connectivity index (χ4n) is 2.06. The molecule has 2 aromatic rings. The first-order valence-electron chi connectivity index (χ1n) is 5.91. The van der Waals surface area contributed by atoms with Gasteiger partial charge in [0, 0.05) is 5.56 Å². The third-order valence-electron chi connectivity index (χ3n) is 3.02. The maximum absolute atomic E-state index is 12.2. The summed E-state index contributed by atoms with van der Waals surface area (Å²) < 4.78 is 0. The van der Waals surface area contributed by atoms with Crippen molar-refractivity contribution in [1.82, 2.24) is 5.06 Å². The molecule has 0 bridgehead atoms. The van der Waals surface area contributed by atoms with E-state index in [0.717, 1.165) is 16.7 Å². The fraction of sp³-hybridized carbons (Fsp3) is 0.133. The summed E-state index contributed by atoms with van der Waals surface area (Å²) in [5.74, 6) is -0.0688. The standard InChI is InChI=1S/C15H13NO2/c17-15-14-9-5-4-8-13(14)11-18-16(15)10-12-6-2-1-3-7-12/h1-9H,10-11H2. The molecular formula is C15H13NO2. The van der Waals surface area contributed by atoms with E-state index >= 15 is 0 Å². The van der Waals surface area contributed by atoms with Crippen LogP contribution in [0.5, 0.6) is 0 Å². The average molecular weight is 239 g/mol. The maximum atomic E-state index is 12.2. The Morgan fingerprint density at radius 1 is 1.00 bits per heavy atom. The summed E-state index contributed by atoms with van der Waals surface area (Å²) in [4.78, 5) is 17.7. The van der Waals surface area contributed by atoms with Crippen molar-refractivity contribution >= 4 is 5.91 Å². The first-order chi connectivity index (χ1) is 8.84. The minimum Gasteiger partial charge on any atom is -0.267 e. The van der Waals surface area contributed by atoms with E-state index in [2.05, 4.69) is 0 Å². The van der Waals surface area contributed by atoms with Crippen LogP contribution in [0.4, 0.5) is 0 Å². The Morgan fingerprint density at radius 2 is 1.72 bits per heavy atom. The van der Waals surface area contributed by atoms with E-state index in [1.54, 1.807) is 0 Å². The molecule has 0 radical (unpaired) electrons. The number of carbonyl (C=O) groups is 1. The van der Waals surface area contributed by atoms with Gasteiger partial charge in [-0.2, -0.15) is 0 Å². The van der Waals surface area contributed by atoms with Crippen molar-refractivity contribution in [3.05, 3.63) is 71.3 Å². The highest BCUT2D eigenvalue weighted by Gasteiger charge is 2.24. The summed E-state index contributed by atoms with van der Waals surface area (Å²) >= 11 is 0. The number of benzene rings is 2. The molecule has 1 amide bonds. The lowest BCUT2D eigenvalue weighted by Crippen LogP contribution is -2.35. The third kappa shape index (κ3) is 2.00. The second kappa shape index (κ2) is 4.63. The van der Waals surface area contributed by atoms with Crippen LogP contribution in [0, 0.1) is 0 Å². The van der Waals surface area contributed by atoms with Gasteiger partial charge < -0.3 is 0 Å². The van der Waals surface area contributed by atoms with Crippen LogP contribution in [0.25, 0.3) is 0 Å². The Labute approximate surface area is 106 Å². The van der Waals surface area contributed by atoms with Crippen molar-refractivity contribution in [2.24, 2.45) is 0 Å². The zero-order valence-electron chi connectivity index (χ0n) is 9.87. The molecule has 0 fully saturated rings. The van der Waals surface area contributed by atoms with Crippen LogP contribution in [0.15, 0.2) is 54.6 Å². The van der Waals surface area contributed by atoms with Gasteiger partial charge in [0.05, 0.1) is 6.54 Å². The number of hydrogen-bond acceptors (Lipinski definition) is 2. The molecular weight excluding hydrogens is 226 g/mol. The molecule has 1 aliphatic rings. The van der Waals surface area contributed by atoms with Gasteiger partial charge in [-0.25, -0.2) is 5.06 Å². The highest BCUT2D eigenvalue weighted by molar-refractivity contribution is 5.95. The molecule has 0 saturated heterocycles. The number of fused-ring (bicyclic) bond motifs is 1. The molecule has 0 spiro atoms. The van der Waals surface area contributed by atoms with E-state index in [1.807, 2.05) is 54.6 Å². The third-order valence-corrected chi connectivity index (χ3v) is 3.02. The monoisotopic (exact) mass is 239 g/mol. The maximum Gasteiger partial charge on any atom is 0.278 e. The van der Waals surface area contributed by atoms with E-state index in [4.69, 9.17) is 4.84 Å². The first kappa shape index (κ1) is 11.0. The van der Waals surface area contributed by atoms with Gasteiger partial charge in [-0.1, -0.05) is 48.5 Å². The van der Waals surface area contributed by atoms with Crippen LogP contribution < -0.4 is 0 Å². The van der Waals surface area contributed by atoms with E-state index in [1.165, 1.54) is 5.06 Å². The van der Waals surface area contributed by atoms with Crippen molar-refractivity contribution < 1.29 is 9.63 Å². The molecule has 1 heterocycles. The molecule has 1 aliphatic heterocycles. The quantitative estimate of drug-likeness (QED) is 0.806. The number of hydroxylamine groups is 2. The van der Waals surface area contributed by atoms with Crippen molar-refractivity contribution in [1.29, 1.82) is 0 Å². The molecule has 3 rings (SSSR count). The topological polar surface area (TPSA) is 29.5 Å². The SMILES string of the molecule is O=C1c2ccccc2CON1Cc1ccccc1. The predicted octanol–water partition coefficient (Wildman–Crippen LogP) is 2.77. The zero-order chi connectivity index (χ0) is 12.4. The Hall–Kier alpha value is -2.13. The minimum absolute atomic E-state index is 0.0688. The zero-order valence-corrected chi connectivity index (χ0v) is 9.87. The highest BCUT2D eigenvalue weighted by Crippen LogP contribution is 2.21. The highest BCUT2D eigenvalue weighted by atomic mass is 16.7. The summed E-state index contributed by atoms with van der Waals surface area (Å²) in [6, 6.07) is 17.4. The van der Waals surface area contributed by atoms with Crippen molar-refractivity contribution in [2.75, 3.05) is 0 Å². The predicted molar refractivity (Wildman–Crippen MR) is 67.5 cm³/mol. The molecule has 0 N–H and O–H groups in total. The van der Waals surface area contributed by atoms with E-state index in [9.17, 15) is 4.79 Å². The Morgan fingerprint density at radius 3 is 2.56 bits per heavy atom. The molecule has 0 unspecified atom stereocenters. The van der Waals surface area contributed by atoms with Crippen LogP contribution in [0.1, 0.15) is 21.5 Å². The minimum atomic E-state index is -0.0688. The van der Waals surface area contributed by atoms with E-state index < -0.39 is 0 Å². The van der Waals surface area contributed by atoms with Crippen LogP contribution in [0.2, 0.25) is 0 Å². The largest absolute Gasteiger partial charge is 0.278 e. The number of nitrogens with zero attached hydrogens (tertiary/aromatic N) is 1. The lowest BCUT2D eigenvalue weighted by atomic mass is 10.1. The lowest BCUT2D eigenvalue weighted by molar-refractivity contribution is -0.146. The molecule has 0 atom stereocenters.